The molecule has 108 valence electrons. The summed E-state index contributed by atoms with van der Waals surface area (Å²) in [6.45, 7) is 9.60. The van der Waals surface area contributed by atoms with Crippen molar-refractivity contribution in [1.82, 2.24) is 9.55 Å². The lowest BCUT2D eigenvalue weighted by molar-refractivity contribution is 0.245. The van der Waals surface area contributed by atoms with Crippen LogP contribution in [0.5, 0.6) is 5.75 Å². The molecule has 1 saturated carbocycles. The molecule has 3 rings (SSSR count). The molecule has 1 aliphatic rings. The minimum atomic E-state index is 0.134. The molecule has 1 aromatic heterocycles. The van der Waals surface area contributed by atoms with Crippen molar-refractivity contribution in [1.29, 1.82) is 0 Å². The summed E-state index contributed by atoms with van der Waals surface area (Å²) in [4.78, 5) is 4.51. The van der Waals surface area contributed by atoms with E-state index in [2.05, 4.69) is 29.5 Å². The summed E-state index contributed by atoms with van der Waals surface area (Å²) in [6.07, 6.45) is 1.39. The zero-order valence-electron chi connectivity index (χ0n) is 12.7. The summed E-state index contributed by atoms with van der Waals surface area (Å²) in [6, 6.07) is 6.04. The number of imidazole rings is 1. The van der Waals surface area contributed by atoms with Crippen LogP contribution in [-0.2, 0) is 6.54 Å². The fraction of sp³-hybridized carbons (Fsp3) is 0.562. The highest BCUT2D eigenvalue weighted by molar-refractivity contribution is 5.84. The molecule has 1 unspecified atom stereocenters. The lowest BCUT2D eigenvalue weighted by atomic mass is 10.1. The highest BCUT2D eigenvalue weighted by Crippen LogP contribution is 2.52. The summed E-state index contributed by atoms with van der Waals surface area (Å²) in [7, 11) is 0. The van der Waals surface area contributed by atoms with Crippen LogP contribution in [0.1, 0.15) is 34.1 Å². The largest absolute Gasteiger partial charge is 0.489 e. The van der Waals surface area contributed by atoms with Gasteiger partial charge in [-0.3, -0.25) is 0 Å². The molecule has 0 radical (unpaired) electrons. The predicted octanol–water partition coefficient (Wildman–Crippen LogP) is 3.45. The van der Waals surface area contributed by atoms with Crippen LogP contribution in [0.25, 0.3) is 11.0 Å². The molecule has 2 N–H and O–H groups in total. The zero-order chi connectivity index (χ0) is 14.5. The highest BCUT2D eigenvalue weighted by Gasteiger charge is 2.45. The van der Waals surface area contributed by atoms with Gasteiger partial charge in [-0.15, -0.1) is 0 Å². The van der Waals surface area contributed by atoms with Gasteiger partial charge < -0.3 is 15.0 Å². The Hall–Kier alpha value is -1.71. The quantitative estimate of drug-likeness (QED) is 0.928. The molecule has 0 amide bonds. The van der Waals surface area contributed by atoms with Gasteiger partial charge in [0.05, 0.1) is 11.6 Å². The molecule has 1 fully saturated rings. The van der Waals surface area contributed by atoms with Crippen molar-refractivity contribution in [3.8, 4) is 5.75 Å². The van der Waals surface area contributed by atoms with E-state index in [1.165, 1.54) is 6.42 Å². The van der Waals surface area contributed by atoms with E-state index >= 15 is 0 Å². The molecule has 4 nitrogen and oxygen atoms in total. The number of nitrogens with zero attached hydrogens (tertiary/aromatic N) is 2. The Labute approximate surface area is 119 Å². The SMILES string of the molecule is CC(C)Oc1cccc2c1nc(N)n2CC1CC1(C)C. The second kappa shape index (κ2) is 4.40. The van der Waals surface area contributed by atoms with Gasteiger partial charge in [-0.1, -0.05) is 19.9 Å². The average molecular weight is 273 g/mol. The van der Waals surface area contributed by atoms with E-state index in [4.69, 9.17) is 10.5 Å². The second-order valence-electron chi connectivity index (χ2n) is 6.76. The smallest absolute Gasteiger partial charge is 0.201 e. The molecule has 1 atom stereocenters. The van der Waals surface area contributed by atoms with Gasteiger partial charge in [0, 0.05) is 6.54 Å². The van der Waals surface area contributed by atoms with Crippen molar-refractivity contribution in [3.63, 3.8) is 0 Å². The van der Waals surface area contributed by atoms with Crippen LogP contribution < -0.4 is 10.5 Å². The number of nitrogen functional groups attached to an aromatic ring is 1. The van der Waals surface area contributed by atoms with Gasteiger partial charge in [-0.2, -0.15) is 0 Å². The van der Waals surface area contributed by atoms with E-state index in [-0.39, 0.29) is 6.10 Å². The molecule has 4 heteroatoms. The molecule has 0 saturated heterocycles. The lowest BCUT2D eigenvalue weighted by Crippen LogP contribution is -2.07. The van der Waals surface area contributed by atoms with Crippen molar-refractivity contribution >= 4 is 17.0 Å². The summed E-state index contributed by atoms with van der Waals surface area (Å²) in [5.41, 5.74) is 8.50. The number of aromatic nitrogens is 2. The van der Waals surface area contributed by atoms with Crippen LogP contribution in [0.2, 0.25) is 0 Å². The number of anilines is 1. The molecule has 1 aliphatic carbocycles. The molecule has 20 heavy (non-hydrogen) atoms. The van der Waals surface area contributed by atoms with Crippen molar-refractivity contribution < 1.29 is 4.74 Å². The number of nitrogens with two attached hydrogens (primary N) is 1. The van der Waals surface area contributed by atoms with Crippen LogP contribution in [0.15, 0.2) is 18.2 Å². The molecule has 1 heterocycles. The average Bonchev–Trinajstić information content (AvgIpc) is 2.81. The van der Waals surface area contributed by atoms with E-state index in [0.717, 1.165) is 23.3 Å². The first-order valence-corrected chi connectivity index (χ1v) is 7.30. The summed E-state index contributed by atoms with van der Waals surface area (Å²) >= 11 is 0. The van der Waals surface area contributed by atoms with E-state index in [1.54, 1.807) is 0 Å². The molecule has 0 aliphatic heterocycles. The highest BCUT2D eigenvalue weighted by atomic mass is 16.5. The fourth-order valence-corrected chi connectivity index (χ4v) is 2.79. The molecule has 0 spiro atoms. The maximum atomic E-state index is 6.11. The van der Waals surface area contributed by atoms with Crippen molar-refractivity contribution in [2.24, 2.45) is 11.3 Å². The number of hydrogen-bond acceptors (Lipinski definition) is 3. The van der Waals surface area contributed by atoms with Crippen molar-refractivity contribution in [3.05, 3.63) is 18.2 Å². The first-order chi connectivity index (χ1) is 9.38. The lowest BCUT2D eigenvalue weighted by Gasteiger charge is -2.11. The van der Waals surface area contributed by atoms with Gasteiger partial charge >= 0.3 is 0 Å². The topological polar surface area (TPSA) is 53.1 Å². The standard InChI is InChI=1S/C16H23N3O/c1-10(2)20-13-7-5-6-12-14(13)18-15(17)19(12)9-11-8-16(11,3)4/h5-7,10-11H,8-9H2,1-4H3,(H2,17,18). The Morgan fingerprint density at radius 3 is 2.75 bits per heavy atom. The summed E-state index contributed by atoms with van der Waals surface area (Å²) < 4.78 is 7.95. The molecule has 2 aromatic rings. The molecular weight excluding hydrogens is 250 g/mol. The number of para-hydroxylation sites is 1. The Morgan fingerprint density at radius 2 is 2.15 bits per heavy atom. The van der Waals surface area contributed by atoms with Crippen LogP contribution in [-0.4, -0.2) is 15.7 Å². The Morgan fingerprint density at radius 1 is 1.45 bits per heavy atom. The maximum Gasteiger partial charge on any atom is 0.201 e. The Bertz CT molecular complexity index is 642. The monoisotopic (exact) mass is 273 g/mol. The maximum absolute atomic E-state index is 6.11. The molecular formula is C16H23N3O. The van der Waals surface area contributed by atoms with Crippen molar-refractivity contribution in [2.45, 2.75) is 46.8 Å². The van der Waals surface area contributed by atoms with E-state index in [0.29, 0.717) is 17.3 Å². The third kappa shape index (κ3) is 2.23. The van der Waals surface area contributed by atoms with Gasteiger partial charge in [0.2, 0.25) is 5.95 Å². The Balaban J connectivity index is 1.99. The third-order valence-corrected chi connectivity index (χ3v) is 4.25. The van der Waals surface area contributed by atoms with Gasteiger partial charge in [-0.25, -0.2) is 4.98 Å². The van der Waals surface area contributed by atoms with Crippen LogP contribution >= 0.6 is 0 Å². The summed E-state index contributed by atoms with van der Waals surface area (Å²) in [5, 5.41) is 0. The van der Waals surface area contributed by atoms with E-state index in [9.17, 15) is 0 Å². The van der Waals surface area contributed by atoms with Crippen LogP contribution in [0.4, 0.5) is 5.95 Å². The van der Waals surface area contributed by atoms with Gasteiger partial charge in [0.15, 0.2) is 0 Å². The van der Waals surface area contributed by atoms with Gasteiger partial charge in [0.25, 0.3) is 0 Å². The first-order valence-electron chi connectivity index (χ1n) is 7.30. The van der Waals surface area contributed by atoms with Gasteiger partial charge in [-0.05, 0) is 43.7 Å². The third-order valence-electron chi connectivity index (χ3n) is 4.25. The number of rotatable bonds is 4. The first kappa shape index (κ1) is 13.3. The minimum Gasteiger partial charge on any atom is -0.489 e. The molecule has 0 bridgehead atoms. The number of hydrogen-bond donors (Lipinski definition) is 1. The number of benzene rings is 1. The van der Waals surface area contributed by atoms with Gasteiger partial charge in [0.1, 0.15) is 11.3 Å². The Kier molecular flexibility index (Phi) is 2.92. The van der Waals surface area contributed by atoms with Crippen molar-refractivity contribution in [2.75, 3.05) is 5.73 Å². The van der Waals surface area contributed by atoms with Crippen LogP contribution in [0.3, 0.4) is 0 Å². The second-order valence-corrected chi connectivity index (χ2v) is 6.76. The number of ether oxygens (including phenoxy) is 1. The zero-order valence-corrected chi connectivity index (χ0v) is 12.7. The van der Waals surface area contributed by atoms with E-state index in [1.807, 2.05) is 26.0 Å². The number of fused-ring (bicyclic) bond motifs is 1. The predicted molar refractivity (Wildman–Crippen MR) is 81.8 cm³/mol. The fourth-order valence-electron chi connectivity index (χ4n) is 2.79. The minimum absolute atomic E-state index is 0.134. The van der Waals surface area contributed by atoms with E-state index < -0.39 is 0 Å². The van der Waals surface area contributed by atoms with Crippen LogP contribution in [0, 0.1) is 11.3 Å². The molecule has 1 aromatic carbocycles. The summed E-state index contributed by atoms with van der Waals surface area (Å²) in [5.74, 6) is 2.09. The normalized spacial score (nSPS) is 20.6.